The molecule has 0 unspecified atom stereocenters. The van der Waals surface area contributed by atoms with Gasteiger partial charge in [-0.3, -0.25) is 4.40 Å². The van der Waals surface area contributed by atoms with Gasteiger partial charge in [-0.1, -0.05) is 18.1 Å². The molecule has 23 heavy (non-hydrogen) atoms. The first-order chi connectivity index (χ1) is 10.9. The quantitative estimate of drug-likeness (QED) is 0.640. The number of nitrogens with zero attached hydrogens (tertiary/aromatic N) is 3. The van der Waals surface area contributed by atoms with E-state index in [0.717, 1.165) is 12.1 Å². The van der Waals surface area contributed by atoms with Crippen molar-refractivity contribution in [3.8, 4) is 29.5 Å². The Labute approximate surface area is 129 Å². The third kappa shape index (κ3) is 2.51. The van der Waals surface area contributed by atoms with Gasteiger partial charge in [0.05, 0.1) is 17.3 Å². The van der Waals surface area contributed by atoms with Gasteiger partial charge in [0.15, 0.2) is 5.65 Å². The standard InChI is InChI=1S/C17H8F3N3/c1-2-15-9-22-16-12(8-21)7-13(10-23(15)16)11-3-5-14(6-4-11)17(18,19)20/h1,3-7,9-10H. The minimum atomic E-state index is -4.39. The summed E-state index contributed by atoms with van der Waals surface area (Å²) in [5.41, 5.74) is 1.57. The maximum Gasteiger partial charge on any atom is 0.416 e. The molecule has 0 spiro atoms. The van der Waals surface area contributed by atoms with E-state index in [-0.39, 0.29) is 0 Å². The summed E-state index contributed by atoms with van der Waals surface area (Å²) in [5, 5.41) is 9.24. The van der Waals surface area contributed by atoms with Crippen molar-refractivity contribution in [3.05, 3.63) is 59.5 Å². The highest BCUT2D eigenvalue weighted by Crippen LogP contribution is 2.31. The number of pyridine rings is 1. The highest BCUT2D eigenvalue weighted by atomic mass is 19.4. The van der Waals surface area contributed by atoms with Gasteiger partial charge in [-0.15, -0.1) is 6.42 Å². The molecule has 3 aromatic rings. The van der Waals surface area contributed by atoms with Crippen molar-refractivity contribution in [1.82, 2.24) is 9.38 Å². The van der Waals surface area contributed by atoms with E-state index in [1.165, 1.54) is 18.3 Å². The van der Waals surface area contributed by atoms with Crippen molar-refractivity contribution in [1.29, 1.82) is 5.26 Å². The molecule has 3 nitrogen and oxygen atoms in total. The second-order valence-corrected chi connectivity index (χ2v) is 4.81. The van der Waals surface area contributed by atoms with E-state index in [4.69, 9.17) is 6.42 Å². The van der Waals surface area contributed by atoms with E-state index < -0.39 is 11.7 Å². The smallest absolute Gasteiger partial charge is 0.291 e. The Morgan fingerprint density at radius 3 is 2.39 bits per heavy atom. The Kier molecular flexibility index (Phi) is 3.31. The molecule has 2 heterocycles. The Bertz CT molecular complexity index is 968. The van der Waals surface area contributed by atoms with Gasteiger partial charge in [0.25, 0.3) is 0 Å². The van der Waals surface area contributed by atoms with Crippen LogP contribution in [-0.2, 0) is 6.18 Å². The molecule has 1 aromatic carbocycles. The normalized spacial score (nSPS) is 11.2. The van der Waals surface area contributed by atoms with Crippen LogP contribution in [-0.4, -0.2) is 9.38 Å². The van der Waals surface area contributed by atoms with Crippen molar-refractivity contribution in [3.63, 3.8) is 0 Å². The predicted molar refractivity (Wildman–Crippen MR) is 78.3 cm³/mol. The summed E-state index contributed by atoms with van der Waals surface area (Å²) < 4.78 is 39.5. The van der Waals surface area contributed by atoms with Crippen LogP contribution in [0.25, 0.3) is 16.8 Å². The Morgan fingerprint density at radius 1 is 1.13 bits per heavy atom. The van der Waals surface area contributed by atoms with Gasteiger partial charge in [-0.05, 0) is 29.3 Å². The summed E-state index contributed by atoms with van der Waals surface area (Å²) in [6.07, 6.45) is 4.12. The minimum absolute atomic E-state index is 0.295. The van der Waals surface area contributed by atoms with E-state index in [2.05, 4.69) is 10.9 Å². The largest absolute Gasteiger partial charge is 0.416 e. The monoisotopic (exact) mass is 311 g/mol. The van der Waals surface area contributed by atoms with Gasteiger partial charge in [0.2, 0.25) is 0 Å². The van der Waals surface area contributed by atoms with E-state index in [1.54, 1.807) is 16.7 Å². The van der Waals surface area contributed by atoms with E-state index in [9.17, 15) is 18.4 Å². The fourth-order valence-electron chi connectivity index (χ4n) is 2.29. The number of aromatic nitrogens is 2. The van der Waals surface area contributed by atoms with Crippen molar-refractivity contribution < 1.29 is 13.2 Å². The van der Waals surface area contributed by atoms with Gasteiger partial charge in [0.1, 0.15) is 11.8 Å². The first-order valence-corrected chi connectivity index (χ1v) is 6.49. The Hall–Kier alpha value is -3.25. The molecular formula is C17H8F3N3. The zero-order valence-electron chi connectivity index (χ0n) is 11.6. The van der Waals surface area contributed by atoms with Gasteiger partial charge in [0, 0.05) is 6.20 Å². The number of alkyl halides is 3. The highest BCUT2D eigenvalue weighted by Gasteiger charge is 2.30. The number of benzene rings is 1. The minimum Gasteiger partial charge on any atom is -0.291 e. The van der Waals surface area contributed by atoms with Crippen LogP contribution in [0.2, 0.25) is 0 Å². The molecule has 112 valence electrons. The van der Waals surface area contributed by atoms with Crippen LogP contribution in [0.4, 0.5) is 13.2 Å². The summed E-state index contributed by atoms with van der Waals surface area (Å²) in [5.74, 6) is 2.45. The van der Waals surface area contributed by atoms with Crippen LogP contribution < -0.4 is 0 Å². The van der Waals surface area contributed by atoms with Crippen molar-refractivity contribution in [2.24, 2.45) is 0 Å². The lowest BCUT2D eigenvalue weighted by Crippen LogP contribution is -2.04. The summed E-state index contributed by atoms with van der Waals surface area (Å²) in [6.45, 7) is 0. The molecule has 0 N–H and O–H groups in total. The van der Waals surface area contributed by atoms with Gasteiger partial charge < -0.3 is 0 Å². The van der Waals surface area contributed by atoms with Crippen LogP contribution in [0, 0.1) is 23.7 Å². The zero-order valence-corrected chi connectivity index (χ0v) is 11.6. The third-order valence-corrected chi connectivity index (χ3v) is 3.42. The van der Waals surface area contributed by atoms with Crippen LogP contribution in [0.15, 0.2) is 42.7 Å². The first kappa shape index (κ1) is 14.7. The zero-order chi connectivity index (χ0) is 16.6. The molecule has 0 bridgehead atoms. The summed E-state index contributed by atoms with van der Waals surface area (Å²) in [7, 11) is 0. The number of imidazole rings is 1. The molecule has 0 radical (unpaired) electrons. The molecular weight excluding hydrogens is 303 g/mol. The summed E-state index contributed by atoms with van der Waals surface area (Å²) in [6, 6.07) is 8.32. The van der Waals surface area contributed by atoms with Crippen LogP contribution in [0.5, 0.6) is 0 Å². The maximum atomic E-state index is 12.6. The molecule has 0 amide bonds. The first-order valence-electron chi connectivity index (χ1n) is 6.49. The van der Waals surface area contributed by atoms with E-state index in [1.807, 2.05) is 6.07 Å². The number of hydrogen-bond donors (Lipinski definition) is 0. The lowest BCUT2D eigenvalue weighted by molar-refractivity contribution is -0.137. The van der Waals surface area contributed by atoms with Gasteiger partial charge in [-0.2, -0.15) is 18.4 Å². The Morgan fingerprint density at radius 2 is 1.83 bits per heavy atom. The number of rotatable bonds is 1. The summed E-state index contributed by atoms with van der Waals surface area (Å²) >= 11 is 0. The van der Waals surface area contributed by atoms with Crippen molar-refractivity contribution >= 4 is 5.65 Å². The number of halogens is 3. The van der Waals surface area contributed by atoms with E-state index >= 15 is 0 Å². The molecule has 2 aromatic heterocycles. The average molecular weight is 311 g/mol. The molecule has 0 fully saturated rings. The third-order valence-electron chi connectivity index (χ3n) is 3.42. The number of fused-ring (bicyclic) bond motifs is 1. The molecule has 6 heteroatoms. The molecule has 0 aliphatic rings. The van der Waals surface area contributed by atoms with E-state index in [0.29, 0.717) is 28.0 Å². The molecule has 0 atom stereocenters. The topological polar surface area (TPSA) is 41.1 Å². The predicted octanol–water partition coefficient (Wildman–Crippen LogP) is 3.87. The molecule has 0 aliphatic carbocycles. The average Bonchev–Trinajstić information content (AvgIpc) is 2.96. The Balaban J connectivity index is 2.17. The number of hydrogen-bond acceptors (Lipinski definition) is 2. The van der Waals surface area contributed by atoms with Crippen LogP contribution in [0.3, 0.4) is 0 Å². The summed E-state index contributed by atoms with van der Waals surface area (Å²) in [4.78, 5) is 4.09. The second kappa shape index (κ2) is 5.19. The van der Waals surface area contributed by atoms with Gasteiger partial charge >= 0.3 is 6.18 Å². The van der Waals surface area contributed by atoms with Crippen molar-refractivity contribution in [2.45, 2.75) is 6.18 Å². The second-order valence-electron chi connectivity index (χ2n) is 4.81. The lowest BCUT2D eigenvalue weighted by atomic mass is 10.0. The number of nitriles is 1. The fourth-order valence-corrected chi connectivity index (χ4v) is 2.29. The maximum absolute atomic E-state index is 12.6. The van der Waals surface area contributed by atoms with Gasteiger partial charge in [-0.25, -0.2) is 4.98 Å². The van der Waals surface area contributed by atoms with Crippen LogP contribution in [0.1, 0.15) is 16.8 Å². The van der Waals surface area contributed by atoms with Crippen molar-refractivity contribution in [2.75, 3.05) is 0 Å². The van der Waals surface area contributed by atoms with Crippen LogP contribution >= 0.6 is 0 Å². The fraction of sp³-hybridized carbons (Fsp3) is 0.0588. The SMILES string of the molecule is C#Cc1cnc2c(C#N)cc(-c3ccc(C(F)(F)F)cc3)cn12. The molecule has 0 saturated heterocycles. The number of terminal acetylenes is 1. The lowest BCUT2D eigenvalue weighted by Gasteiger charge is -2.09. The molecule has 3 rings (SSSR count). The molecule has 0 saturated carbocycles. The molecule has 0 aliphatic heterocycles. The highest BCUT2D eigenvalue weighted by molar-refractivity contribution is 5.70.